The summed E-state index contributed by atoms with van der Waals surface area (Å²) in [7, 11) is 0. The lowest BCUT2D eigenvalue weighted by atomic mass is 9.88. The van der Waals surface area contributed by atoms with E-state index in [4.69, 9.17) is 0 Å². The summed E-state index contributed by atoms with van der Waals surface area (Å²) in [6.45, 7) is 0. The van der Waals surface area contributed by atoms with Crippen LogP contribution in [-0.2, 0) is 12.8 Å². The summed E-state index contributed by atoms with van der Waals surface area (Å²) in [4.78, 5) is 10.7. The minimum Gasteiger partial charge on any atom is -0.376 e. The average Bonchev–Trinajstić information content (AvgIpc) is 2.47. The van der Waals surface area contributed by atoms with E-state index in [1.807, 2.05) is 12.1 Å². The molecule has 20 heavy (non-hydrogen) atoms. The largest absolute Gasteiger partial charge is 0.376 e. The lowest BCUT2D eigenvalue weighted by Crippen LogP contribution is -2.27. The van der Waals surface area contributed by atoms with Gasteiger partial charge in [-0.2, -0.15) is 0 Å². The van der Waals surface area contributed by atoms with Gasteiger partial charge in [-0.3, -0.25) is 10.1 Å². The van der Waals surface area contributed by atoms with Crippen molar-refractivity contribution in [3.63, 3.8) is 0 Å². The highest BCUT2D eigenvalue weighted by Gasteiger charge is 2.21. The Hall–Kier alpha value is -2.36. The Bertz CT molecular complexity index is 640. The van der Waals surface area contributed by atoms with Crippen LogP contribution in [0.4, 0.5) is 11.4 Å². The first-order chi connectivity index (χ1) is 9.74. The van der Waals surface area contributed by atoms with Gasteiger partial charge in [-0.25, -0.2) is 0 Å². The number of rotatable bonds is 3. The van der Waals surface area contributed by atoms with Crippen LogP contribution in [-0.4, -0.2) is 11.0 Å². The number of nitro benzene ring substituents is 1. The topological polar surface area (TPSA) is 55.2 Å². The number of aryl methyl sites for hydroxylation is 1. The van der Waals surface area contributed by atoms with Gasteiger partial charge < -0.3 is 5.32 Å². The highest BCUT2D eigenvalue weighted by Crippen LogP contribution is 2.28. The predicted molar refractivity (Wildman–Crippen MR) is 79.0 cm³/mol. The number of hydrogen-bond acceptors (Lipinski definition) is 3. The maximum atomic E-state index is 11.0. The standard InChI is InChI=1S/C16H16N2O2/c19-18(20)16-8-4-3-7-15(16)17-14-10-9-12-5-1-2-6-13(12)11-14/h1-8,14,17H,9-11H2. The molecule has 0 saturated carbocycles. The molecule has 1 aliphatic rings. The van der Waals surface area contributed by atoms with Crippen LogP contribution in [0.25, 0.3) is 0 Å². The summed E-state index contributed by atoms with van der Waals surface area (Å²) in [5.74, 6) is 0. The predicted octanol–water partition coefficient (Wildman–Crippen LogP) is 3.56. The Labute approximate surface area is 117 Å². The van der Waals surface area contributed by atoms with Crippen LogP contribution in [0.3, 0.4) is 0 Å². The molecule has 4 nitrogen and oxygen atoms in total. The second-order valence-corrected chi connectivity index (χ2v) is 5.13. The molecule has 1 aliphatic carbocycles. The van der Waals surface area contributed by atoms with Crippen molar-refractivity contribution in [3.8, 4) is 0 Å². The van der Waals surface area contributed by atoms with Gasteiger partial charge in [0, 0.05) is 12.1 Å². The molecular formula is C16H16N2O2. The second kappa shape index (κ2) is 5.33. The summed E-state index contributed by atoms with van der Waals surface area (Å²) < 4.78 is 0. The molecule has 4 heteroatoms. The van der Waals surface area contributed by atoms with Gasteiger partial charge in [-0.15, -0.1) is 0 Å². The Morgan fingerprint density at radius 2 is 1.75 bits per heavy atom. The van der Waals surface area contributed by atoms with E-state index in [1.165, 1.54) is 11.1 Å². The van der Waals surface area contributed by atoms with Gasteiger partial charge in [0.1, 0.15) is 5.69 Å². The van der Waals surface area contributed by atoms with E-state index in [0.29, 0.717) is 5.69 Å². The van der Waals surface area contributed by atoms with Gasteiger partial charge in [0.05, 0.1) is 4.92 Å². The summed E-state index contributed by atoms with van der Waals surface area (Å²) in [5, 5.41) is 14.4. The lowest BCUT2D eigenvalue weighted by Gasteiger charge is -2.26. The lowest BCUT2D eigenvalue weighted by molar-refractivity contribution is -0.384. The quantitative estimate of drug-likeness (QED) is 0.684. The van der Waals surface area contributed by atoms with E-state index in [9.17, 15) is 10.1 Å². The fraction of sp³-hybridized carbons (Fsp3) is 0.250. The van der Waals surface area contributed by atoms with Crippen molar-refractivity contribution >= 4 is 11.4 Å². The fourth-order valence-corrected chi connectivity index (χ4v) is 2.80. The van der Waals surface area contributed by atoms with E-state index < -0.39 is 0 Å². The molecule has 102 valence electrons. The molecule has 0 amide bonds. The van der Waals surface area contributed by atoms with Crippen molar-refractivity contribution in [1.82, 2.24) is 0 Å². The fourth-order valence-electron chi connectivity index (χ4n) is 2.80. The minimum atomic E-state index is -0.334. The molecule has 1 N–H and O–H groups in total. The third kappa shape index (κ3) is 2.50. The van der Waals surface area contributed by atoms with Crippen LogP contribution in [0.2, 0.25) is 0 Å². The van der Waals surface area contributed by atoms with Gasteiger partial charge in [0.25, 0.3) is 5.69 Å². The number of nitrogens with zero attached hydrogens (tertiary/aromatic N) is 1. The number of anilines is 1. The van der Waals surface area contributed by atoms with Crippen molar-refractivity contribution in [1.29, 1.82) is 0 Å². The van der Waals surface area contributed by atoms with Crippen molar-refractivity contribution in [2.75, 3.05) is 5.32 Å². The van der Waals surface area contributed by atoms with E-state index >= 15 is 0 Å². The first-order valence-corrected chi connectivity index (χ1v) is 6.81. The molecule has 0 aromatic heterocycles. The third-order valence-electron chi connectivity index (χ3n) is 3.81. The van der Waals surface area contributed by atoms with Crippen LogP contribution in [0.5, 0.6) is 0 Å². The van der Waals surface area contributed by atoms with Crippen LogP contribution in [0.1, 0.15) is 17.5 Å². The zero-order valence-corrected chi connectivity index (χ0v) is 11.1. The number of para-hydroxylation sites is 2. The zero-order valence-electron chi connectivity index (χ0n) is 11.1. The van der Waals surface area contributed by atoms with Gasteiger partial charge in [0.15, 0.2) is 0 Å². The van der Waals surface area contributed by atoms with E-state index in [2.05, 4.69) is 23.5 Å². The Balaban J connectivity index is 1.79. The van der Waals surface area contributed by atoms with Crippen LogP contribution in [0, 0.1) is 10.1 Å². The molecule has 0 radical (unpaired) electrons. The number of fused-ring (bicyclic) bond motifs is 1. The third-order valence-corrected chi connectivity index (χ3v) is 3.81. The monoisotopic (exact) mass is 268 g/mol. The molecule has 0 bridgehead atoms. The number of benzene rings is 2. The minimum absolute atomic E-state index is 0.145. The van der Waals surface area contributed by atoms with Crippen LogP contribution in [0.15, 0.2) is 48.5 Å². The maximum Gasteiger partial charge on any atom is 0.292 e. The molecule has 0 aliphatic heterocycles. The van der Waals surface area contributed by atoms with Crippen molar-refractivity contribution in [3.05, 3.63) is 69.8 Å². The number of hydrogen-bond donors (Lipinski definition) is 1. The van der Waals surface area contributed by atoms with E-state index in [-0.39, 0.29) is 16.7 Å². The molecule has 2 aromatic carbocycles. The Morgan fingerprint density at radius 1 is 1.05 bits per heavy atom. The molecule has 0 saturated heterocycles. The maximum absolute atomic E-state index is 11.0. The molecule has 0 fully saturated rings. The zero-order chi connectivity index (χ0) is 13.9. The van der Waals surface area contributed by atoms with Crippen molar-refractivity contribution in [2.45, 2.75) is 25.3 Å². The summed E-state index contributed by atoms with van der Waals surface area (Å²) in [6.07, 6.45) is 2.94. The average molecular weight is 268 g/mol. The van der Waals surface area contributed by atoms with Gasteiger partial charge in [-0.05, 0) is 36.5 Å². The Morgan fingerprint density at radius 3 is 2.55 bits per heavy atom. The highest BCUT2D eigenvalue weighted by atomic mass is 16.6. The van der Waals surface area contributed by atoms with Gasteiger partial charge in [-0.1, -0.05) is 36.4 Å². The van der Waals surface area contributed by atoms with E-state index in [1.54, 1.807) is 18.2 Å². The van der Waals surface area contributed by atoms with Crippen LogP contribution < -0.4 is 5.32 Å². The molecular weight excluding hydrogens is 252 g/mol. The molecule has 0 heterocycles. The smallest absolute Gasteiger partial charge is 0.292 e. The normalized spacial score (nSPS) is 17.3. The summed E-state index contributed by atoms with van der Waals surface area (Å²) in [5.41, 5.74) is 3.50. The molecule has 1 unspecified atom stereocenters. The van der Waals surface area contributed by atoms with Gasteiger partial charge in [0.2, 0.25) is 0 Å². The summed E-state index contributed by atoms with van der Waals surface area (Å²) in [6, 6.07) is 15.5. The molecule has 2 aromatic rings. The van der Waals surface area contributed by atoms with Crippen molar-refractivity contribution < 1.29 is 4.92 Å². The van der Waals surface area contributed by atoms with Gasteiger partial charge >= 0.3 is 0 Å². The first kappa shape index (κ1) is 12.7. The SMILES string of the molecule is O=[N+]([O-])c1ccccc1NC1CCc2ccccc2C1. The number of nitrogens with one attached hydrogen (secondary N) is 1. The van der Waals surface area contributed by atoms with E-state index in [0.717, 1.165) is 19.3 Å². The van der Waals surface area contributed by atoms with Crippen molar-refractivity contribution in [2.24, 2.45) is 0 Å². The summed E-state index contributed by atoms with van der Waals surface area (Å²) >= 11 is 0. The highest BCUT2D eigenvalue weighted by molar-refractivity contribution is 5.61. The Kier molecular flexibility index (Phi) is 3.37. The van der Waals surface area contributed by atoms with Crippen LogP contribution >= 0.6 is 0 Å². The molecule has 3 rings (SSSR count). The molecule has 0 spiro atoms. The molecule has 1 atom stereocenters. The first-order valence-electron chi connectivity index (χ1n) is 6.81. The number of nitro groups is 1. The second-order valence-electron chi connectivity index (χ2n) is 5.13.